The Labute approximate surface area is 174 Å². The molecule has 0 spiro atoms. The van der Waals surface area contributed by atoms with Gasteiger partial charge in [-0.15, -0.1) is 0 Å². The molecule has 0 saturated carbocycles. The molecule has 1 heterocycles. The van der Waals surface area contributed by atoms with E-state index in [0.717, 1.165) is 6.20 Å². The fourth-order valence-corrected chi connectivity index (χ4v) is 2.84. The molecule has 29 heavy (non-hydrogen) atoms. The van der Waals surface area contributed by atoms with Gasteiger partial charge in [-0.25, -0.2) is 4.98 Å². The monoisotopic (exact) mass is 466 g/mol. The highest BCUT2D eigenvalue weighted by molar-refractivity contribution is 9.10. The first kappa shape index (κ1) is 20.9. The number of para-hydroxylation sites is 1. The summed E-state index contributed by atoms with van der Waals surface area (Å²) in [4.78, 5) is 7.85. The van der Waals surface area contributed by atoms with E-state index in [4.69, 9.17) is 4.74 Å². The third kappa shape index (κ3) is 5.60. The first-order valence-corrected chi connectivity index (χ1v) is 9.51. The van der Waals surface area contributed by atoms with Gasteiger partial charge in [0.25, 0.3) is 0 Å². The van der Waals surface area contributed by atoms with Crippen LogP contribution < -0.4 is 15.4 Å². The number of rotatable bonds is 6. The molecule has 2 N–H and O–H groups in total. The molecule has 0 atom stereocenters. The quantitative estimate of drug-likeness (QED) is 0.432. The number of hydrogen-bond donors (Lipinski definition) is 2. The number of nitrogens with one attached hydrogen (secondary N) is 2. The Morgan fingerprint density at radius 1 is 1.00 bits per heavy atom. The van der Waals surface area contributed by atoms with Gasteiger partial charge in [-0.1, -0.05) is 12.1 Å². The normalized spacial score (nSPS) is 11.4. The van der Waals surface area contributed by atoms with Gasteiger partial charge < -0.3 is 15.4 Å². The van der Waals surface area contributed by atoms with E-state index in [-0.39, 0.29) is 17.9 Å². The van der Waals surface area contributed by atoms with Gasteiger partial charge in [-0.05, 0) is 66.2 Å². The number of aromatic nitrogens is 2. The van der Waals surface area contributed by atoms with Crippen LogP contribution in [-0.4, -0.2) is 16.1 Å². The molecule has 0 bridgehead atoms. The number of nitrogens with zero attached hydrogens (tertiary/aromatic N) is 2. The summed E-state index contributed by atoms with van der Waals surface area (Å²) in [6.07, 6.45) is -3.80. The van der Waals surface area contributed by atoms with Gasteiger partial charge in [-0.2, -0.15) is 18.2 Å². The molecule has 1 aromatic heterocycles. The van der Waals surface area contributed by atoms with Crippen LogP contribution in [-0.2, 0) is 6.18 Å². The summed E-state index contributed by atoms with van der Waals surface area (Å²) in [5.74, 6) is 0.377. The molecule has 0 unspecified atom stereocenters. The summed E-state index contributed by atoms with van der Waals surface area (Å²) in [5, 5.41) is 5.63. The molecule has 0 aliphatic heterocycles. The Bertz CT molecular complexity index is 978. The van der Waals surface area contributed by atoms with Crippen molar-refractivity contribution in [2.75, 3.05) is 10.6 Å². The van der Waals surface area contributed by atoms with Crippen molar-refractivity contribution in [2.45, 2.75) is 26.1 Å². The van der Waals surface area contributed by atoms with Crippen molar-refractivity contribution in [3.8, 4) is 5.75 Å². The lowest BCUT2D eigenvalue weighted by atomic mass is 10.2. The van der Waals surface area contributed by atoms with Crippen LogP contribution in [0.4, 0.5) is 36.3 Å². The van der Waals surface area contributed by atoms with E-state index in [0.29, 0.717) is 21.6 Å². The summed E-state index contributed by atoms with van der Waals surface area (Å²) in [7, 11) is 0. The first-order valence-electron chi connectivity index (χ1n) is 8.72. The molecule has 3 aromatic rings. The van der Waals surface area contributed by atoms with E-state index in [1.165, 1.54) is 0 Å². The van der Waals surface area contributed by atoms with E-state index in [1.807, 2.05) is 13.8 Å². The number of hydrogen-bond acceptors (Lipinski definition) is 5. The molecule has 0 saturated heterocycles. The summed E-state index contributed by atoms with van der Waals surface area (Å²) in [5.41, 5.74) is 0.116. The Kier molecular flexibility index (Phi) is 6.26. The highest BCUT2D eigenvalue weighted by Crippen LogP contribution is 2.36. The first-order chi connectivity index (χ1) is 13.7. The maximum Gasteiger partial charge on any atom is 0.421 e. The molecule has 0 fully saturated rings. The lowest BCUT2D eigenvalue weighted by Gasteiger charge is -2.16. The maximum atomic E-state index is 13.4. The summed E-state index contributed by atoms with van der Waals surface area (Å²) >= 11 is 3.31. The number of benzene rings is 2. The molecule has 5 nitrogen and oxygen atoms in total. The Balaban J connectivity index is 1.87. The number of halogens is 4. The van der Waals surface area contributed by atoms with Gasteiger partial charge >= 0.3 is 6.18 Å². The van der Waals surface area contributed by atoms with Crippen molar-refractivity contribution in [1.82, 2.24) is 9.97 Å². The maximum absolute atomic E-state index is 13.4. The number of ether oxygens (including phenoxy) is 1. The van der Waals surface area contributed by atoms with Crippen LogP contribution in [0, 0.1) is 0 Å². The smallest absolute Gasteiger partial charge is 0.421 e. The van der Waals surface area contributed by atoms with Gasteiger partial charge in [0.05, 0.1) is 11.8 Å². The summed E-state index contributed by atoms with van der Waals surface area (Å²) < 4.78 is 46.4. The van der Waals surface area contributed by atoms with Crippen molar-refractivity contribution in [3.63, 3.8) is 0 Å². The average Bonchev–Trinajstić information content (AvgIpc) is 2.64. The predicted octanol–water partition coefficient (Wildman–Crippen LogP) is 6.53. The van der Waals surface area contributed by atoms with Crippen molar-refractivity contribution in [1.29, 1.82) is 0 Å². The predicted molar refractivity (Wildman–Crippen MR) is 110 cm³/mol. The van der Waals surface area contributed by atoms with Crippen molar-refractivity contribution in [2.24, 2.45) is 0 Å². The van der Waals surface area contributed by atoms with Gasteiger partial charge in [0, 0.05) is 16.4 Å². The third-order valence-electron chi connectivity index (χ3n) is 3.70. The Morgan fingerprint density at radius 2 is 1.69 bits per heavy atom. The number of anilines is 4. The fourth-order valence-electron chi connectivity index (χ4n) is 2.45. The van der Waals surface area contributed by atoms with Gasteiger partial charge in [0.1, 0.15) is 17.1 Å². The summed E-state index contributed by atoms with van der Waals surface area (Å²) in [6, 6.07) is 13.8. The van der Waals surface area contributed by atoms with Crippen molar-refractivity contribution >= 4 is 39.1 Å². The van der Waals surface area contributed by atoms with Gasteiger partial charge in [-0.3, -0.25) is 0 Å². The van der Waals surface area contributed by atoms with Crippen molar-refractivity contribution < 1.29 is 17.9 Å². The lowest BCUT2D eigenvalue weighted by molar-refractivity contribution is -0.137. The van der Waals surface area contributed by atoms with Gasteiger partial charge in [0.2, 0.25) is 5.95 Å². The molecule has 0 amide bonds. The molecule has 152 valence electrons. The van der Waals surface area contributed by atoms with Crippen LogP contribution in [0.3, 0.4) is 0 Å². The molecule has 9 heteroatoms. The fraction of sp³-hybridized carbons (Fsp3) is 0.200. The highest BCUT2D eigenvalue weighted by atomic mass is 79.9. The van der Waals surface area contributed by atoms with E-state index in [2.05, 4.69) is 36.5 Å². The van der Waals surface area contributed by atoms with Crippen LogP contribution >= 0.6 is 15.9 Å². The molecule has 3 rings (SSSR count). The molecule has 0 aliphatic rings. The molecule has 0 radical (unpaired) electrons. The van der Waals surface area contributed by atoms with Crippen LogP contribution in [0.5, 0.6) is 5.75 Å². The van der Waals surface area contributed by atoms with Crippen molar-refractivity contribution in [3.05, 3.63) is 64.8 Å². The second-order valence-electron chi connectivity index (χ2n) is 6.37. The third-order valence-corrected chi connectivity index (χ3v) is 4.39. The minimum Gasteiger partial charge on any atom is -0.491 e. The zero-order valence-electron chi connectivity index (χ0n) is 15.6. The second kappa shape index (κ2) is 8.69. The van der Waals surface area contributed by atoms with Crippen LogP contribution in [0.1, 0.15) is 19.4 Å². The average molecular weight is 467 g/mol. The zero-order chi connectivity index (χ0) is 21.0. The van der Waals surface area contributed by atoms with E-state index in [1.54, 1.807) is 48.5 Å². The second-order valence-corrected chi connectivity index (χ2v) is 7.23. The van der Waals surface area contributed by atoms with E-state index < -0.39 is 11.7 Å². The van der Waals surface area contributed by atoms with Crippen LogP contribution in [0.25, 0.3) is 0 Å². The highest BCUT2D eigenvalue weighted by Gasteiger charge is 2.35. The lowest BCUT2D eigenvalue weighted by Crippen LogP contribution is -2.12. The van der Waals surface area contributed by atoms with E-state index >= 15 is 0 Å². The van der Waals surface area contributed by atoms with Crippen LogP contribution in [0.2, 0.25) is 0 Å². The van der Waals surface area contributed by atoms with Gasteiger partial charge in [0.15, 0.2) is 0 Å². The zero-order valence-corrected chi connectivity index (χ0v) is 17.2. The van der Waals surface area contributed by atoms with Crippen LogP contribution in [0.15, 0.2) is 59.2 Å². The largest absolute Gasteiger partial charge is 0.491 e. The SMILES string of the molecule is CC(C)Oc1ccc(Nc2ncc(C(F)(F)F)c(Nc3ccccc3Br)n2)cc1. The minimum atomic E-state index is -4.60. The number of alkyl halides is 3. The minimum absolute atomic E-state index is 0.0325. The topological polar surface area (TPSA) is 59.1 Å². The van der Waals surface area contributed by atoms with E-state index in [9.17, 15) is 13.2 Å². The molecular weight excluding hydrogens is 449 g/mol. The molecule has 0 aliphatic carbocycles. The Hall–Kier alpha value is -2.81. The molecular formula is C20H18BrF3N4O. The summed E-state index contributed by atoms with van der Waals surface area (Å²) in [6.45, 7) is 3.84. The Morgan fingerprint density at radius 3 is 2.31 bits per heavy atom. The molecule has 2 aromatic carbocycles. The standard InChI is InChI=1S/C20H18BrF3N4O/c1-12(2)29-14-9-7-13(8-10-14)26-19-25-11-15(20(22,23)24)18(28-19)27-17-6-4-3-5-16(17)21/h3-12H,1-2H3,(H2,25,26,27,28).